The lowest BCUT2D eigenvalue weighted by Crippen LogP contribution is -2.53. The van der Waals surface area contributed by atoms with Crippen molar-refractivity contribution in [2.45, 2.75) is 19.9 Å². The number of hydrogen-bond donors (Lipinski definition) is 2. The molecule has 1 aromatic carbocycles. The summed E-state index contributed by atoms with van der Waals surface area (Å²) in [7, 11) is 0. The molecule has 1 fully saturated rings. The van der Waals surface area contributed by atoms with Crippen LogP contribution in [0.25, 0.3) is 22.4 Å². The molecule has 2 aromatic heterocycles. The fourth-order valence-corrected chi connectivity index (χ4v) is 3.76. The summed E-state index contributed by atoms with van der Waals surface area (Å²) < 4.78 is 4.10. The number of rotatable bonds is 4. The molecule has 1 atom stereocenters. The molecule has 2 N–H and O–H groups in total. The highest BCUT2D eigenvalue weighted by Crippen LogP contribution is 2.32. The summed E-state index contributed by atoms with van der Waals surface area (Å²) in [6.45, 7) is 7.06. The molecule has 0 amide bonds. The Morgan fingerprint density at radius 2 is 2.11 bits per heavy atom. The molecule has 8 heteroatoms. The van der Waals surface area contributed by atoms with E-state index in [1.807, 2.05) is 17.5 Å². The van der Waals surface area contributed by atoms with E-state index in [0.717, 1.165) is 30.8 Å². The standard InChI is InChI=1S/C19H22N6OS/c1-12(2)17-10-25(6-5-20-17)19-21-9-16(23-24-19)15-4-3-13(7-18(15)26)14-8-22-27-11-14/h3-4,7-9,11-12,17,20,26H,5-6,10H2,1-2H3/t17-/m1/s1. The number of hydrogen-bond acceptors (Lipinski definition) is 8. The van der Waals surface area contributed by atoms with E-state index >= 15 is 0 Å². The quantitative estimate of drug-likeness (QED) is 0.717. The number of piperazine rings is 1. The van der Waals surface area contributed by atoms with E-state index in [1.165, 1.54) is 11.5 Å². The molecule has 4 rings (SSSR count). The third-order valence-electron chi connectivity index (χ3n) is 4.88. The molecule has 27 heavy (non-hydrogen) atoms. The Bertz CT molecular complexity index is 897. The lowest BCUT2D eigenvalue weighted by atomic mass is 10.0. The molecular formula is C19H22N6OS. The number of aromatic nitrogens is 4. The Morgan fingerprint density at radius 3 is 2.78 bits per heavy atom. The second-order valence-corrected chi connectivity index (χ2v) is 7.70. The predicted molar refractivity (Wildman–Crippen MR) is 107 cm³/mol. The number of anilines is 1. The molecule has 0 radical (unpaired) electrons. The summed E-state index contributed by atoms with van der Waals surface area (Å²) in [5, 5.41) is 24.5. The van der Waals surface area contributed by atoms with Gasteiger partial charge in [0.1, 0.15) is 11.4 Å². The molecule has 7 nitrogen and oxygen atoms in total. The maximum atomic E-state index is 10.4. The van der Waals surface area contributed by atoms with Crippen LogP contribution in [-0.2, 0) is 0 Å². The van der Waals surface area contributed by atoms with E-state index in [-0.39, 0.29) is 5.75 Å². The van der Waals surface area contributed by atoms with Gasteiger partial charge in [0.2, 0.25) is 5.95 Å². The van der Waals surface area contributed by atoms with Crippen LogP contribution in [-0.4, -0.2) is 50.3 Å². The van der Waals surface area contributed by atoms with Gasteiger partial charge in [-0.15, -0.1) is 10.2 Å². The van der Waals surface area contributed by atoms with Crippen LogP contribution >= 0.6 is 11.5 Å². The molecule has 3 aromatic rings. The molecule has 1 aliphatic heterocycles. The van der Waals surface area contributed by atoms with Crippen molar-refractivity contribution in [1.29, 1.82) is 0 Å². The van der Waals surface area contributed by atoms with Gasteiger partial charge in [0, 0.05) is 48.4 Å². The van der Waals surface area contributed by atoms with Crippen molar-refractivity contribution in [2.75, 3.05) is 24.5 Å². The second kappa shape index (κ2) is 7.58. The van der Waals surface area contributed by atoms with Crippen LogP contribution in [0.2, 0.25) is 0 Å². The molecule has 0 aliphatic carbocycles. The highest BCUT2D eigenvalue weighted by molar-refractivity contribution is 7.03. The van der Waals surface area contributed by atoms with Gasteiger partial charge >= 0.3 is 0 Å². The maximum Gasteiger partial charge on any atom is 0.245 e. The molecule has 1 saturated heterocycles. The molecule has 0 unspecified atom stereocenters. The SMILES string of the molecule is CC(C)[C@H]1CN(c2ncc(-c3ccc(-c4cnsc4)cc3O)nn2)CCN1. The molecule has 3 heterocycles. The monoisotopic (exact) mass is 382 g/mol. The Hall–Kier alpha value is -2.58. The molecular weight excluding hydrogens is 360 g/mol. The number of aromatic hydroxyl groups is 1. The van der Waals surface area contributed by atoms with Gasteiger partial charge in [-0.3, -0.25) is 0 Å². The van der Waals surface area contributed by atoms with Gasteiger partial charge in [-0.25, -0.2) is 9.36 Å². The largest absolute Gasteiger partial charge is 0.507 e. The first-order chi connectivity index (χ1) is 13.1. The summed E-state index contributed by atoms with van der Waals surface area (Å²) in [6, 6.07) is 5.92. The third kappa shape index (κ3) is 3.77. The molecule has 1 aliphatic rings. The summed E-state index contributed by atoms with van der Waals surface area (Å²) >= 11 is 1.38. The first-order valence-electron chi connectivity index (χ1n) is 9.03. The minimum atomic E-state index is 0.157. The van der Waals surface area contributed by atoms with Crippen molar-refractivity contribution in [3.8, 4) is 28.1 Å². The van der Waals surface area contributed by atoms with Crippen LogP contribution < -0.4 is 10.2 Å². The van der Waals surface area contributed by atoms with Crippen molar-refractivity contribution in [2.24, 2.45) is 5.92 Å². The predicted octanol–water partition coefficient (Wildman–Crippen LogP) is 2.80. The lowest BCUT2D eigenvalue weighted by Gasteiger charge is -2.35. The van der Waals surface area contributed by atoms with Crippen molar-refractivity contribution < 1.29 is 5.11 Å². The van der Waals surface area contributed by atoms with Gasteiger partial charge in [0.25, 0.3) is 0 Å². The van der Waals surface area contributed by atoms with Gasteiger partial charge in [0.15, 0.2) is 0 Å². The first kappa shape index (κ1) is 17.8. The Morgan fingerprint density at radius 1 is 1.22 bits per heavy atom. The zero-order chi connectivity index (χ0) is 18.8. The fourth-order valence-electron chi connectivity index (χ4n) is 3.22. The van der Waals surface area contributed by atoms with E-state index in [0.29, 0.717) is 29.2 Å². The Labute approximate surface area is 162 Å². The van der Waals surface area contributed by atoms with Crippen LogP contribution in [0, 0.1) is 5.92 Å². The number of phenols is 1. The van der Waals surface area contributed by atoms with E-state index in [9.17, 15) is 5.11 Å². The normalized spacial score (nSPS) is 17.4. The third-order valence-corrected chi connectivity index (χ3v) is 5.47. The van der Waals surface area contributed by atoms with E-state index in [2.05, 4.69) is 43.6 Å². The van der Waals surface area contributed by atoms with E-state index in [1.54, 1.807) is 18.5 Å². The number of phenolic OH excluding ortho intramolecular Hbond substituents is 1. The smallest absolute Gasteiger partial charge is 0.245 e. The summed E-state index contributed by atoms with van der Waals surface area (Å²) in [4.78, 5) is 6.65. The topological polar surface area (TPSA) is 87.1 Å². The van der Waals surface area contributed by atoms with Crippen LogP contribution in [0.1, 0.15) is 13.8 Å². The van der Waals surface area contributed by atoms with Gasteiger partial charge in [-0.1, -0.05) is 19.9 Å². The summed E-state index contributed by atoms with van der Waals surface area (Å²) in [5.74, 6) is 1.34. The number of nitrogens with zero attached hydrogens (tertiary/aromatic N) is 5. The average molecular weight is 382 g/mol. The van der Waals surface area contributed by atoms with Gasteiger partial charge in [-0.05, 0) is 35.1 Å². The van der Waals surface area contributed by atoms with Crippen molar-refractivity contribution in [3.05, 3.63) is 36.0 Å². The highest BCUT2D eigenvalue weighted by atomic mass is 32.1. The highest BCUT2D eigenvalue weighted by Gasteiger charge is 2.23. The van der Waals surface area contributed by atoms with Crippen LogP contribution in [0.5, 0.6) is 5.75 Å². The van der Waals surface area contributed by atoms with Gasteiger partial charge in [0.05, 0.1) is 6.20 Å². The fraction of sp³-hybridized carbons (Fsp3) is 0.368. The zero-order valence-electron chi connectivity index (χ0n) is 15.3. The van der Waals surface area contributed by atoms with Gasteiger partial charge < -0.3 is 15.3 Å². The first-order valence-corrected chi connectivity index (χ1v) is 9.86. The van der Waals surface area contributed by atoms with Crippen molar-refractivity contribution in [1.82, 2.24) is 24.9 Å². The van der Waals surface area contributed by atoms with Crippen molar-refractivity contribution >= 4 is 17.5 Å². The summed E-state index contributed by atoms with van der Waals surface area (Å²) in [5.41, 5.74) is 3.08. The van der Waals surface area contributed by atoms with Crippen molar-refractivity contribution in [3.63, 3.8) is 0 Å². The zero-order valence-corrected chi connectivity index (χ0v) is 16.1. The van der Waals surface area contributed by atoms with Gasteiger partial charge in [-0.2, -0.15) is 0 Å². The molecule has 0 spiro atoms. The van der Waals surface area contributed by atoms with E-state index in [4.69, 9.17) is 0 Å². The summed E-state index contributed by atoms with van der Waals surface area (Å²) in [6.07, 6.45) is 3.46. The number of benzene rings is 1. The molecule has 140 valence electrons. The van der Waals surface area contributed by atoms with Crippen LogP contribution in [0.3, 0.4) is 0 Å². The maximum absolute atomic E-state index is 10.4. The Kier molecular flexibility index (Phi) is 5.00. The Balaban J connectivity index is 1.54. The minimum absolute atomic E-state index is 0.157. The van der Waals surface area contributed by atoms with E-state index < -0.39 is 0 Å². The number of nitrogens with one attached hydrogen (secondary N) is 1. The average Bonchev–Trinajstić information content (AvgIpc) is 3.23. The minimum Gasteiger partial charge on any atom is -0.507 e. The van der Waals surface area contributed by atoms with Crippen LogP contribution in [0.4, 0.5) is 5.95 Å². The second-order valence-electron chi connectivity index (χ2n) is 7.04. The lowest BCUT2D eigenvalue weighted by molar-refractivity contribution is 0.365. The molecule has 0 saturated carbocycles. The van der Waals surface area contributed by atoms with Crippen LogP contribution in [0.15, 0.2) is 36.0 Å². The molecule has 0 bridgehead atoms.